The van der Waals surface area contributed by atoms with E-state index in [1.54, 1.807) is 6.92 Å². The summed E-state index contributed by atoms with van der Waals surface area (Å²) in [4.78, 5) is 11.1. The van der Waals surface area contributed by atoms with Crippen LogP contribution in [0, 0.1) is 0 Å². The topological polar surface area (TPSA) is 71.4 Å². The van der Waals surface area contributed by atoms with Crippen molar-refractivity contribution in [3.05, 3.63) is 0 Å². The Kier molecular flexibility index (Phi) is 3.14. The molecule has 14 heavy (non-hydrogen) atoms. The predicted molar refractivity (Wildman–Crippen MR) is 56.6 cm³/mol. The highest BCUT2D eigenvalue weighted by Crippen LogP contribution is 2.40. The van der Waals surface area contributed by atoms with Crippen molar-refractivity contribution in [3.8, 4) is 0 Å². The lowest BCUT2D eigenvalue weighted by atomic mass is 9.88. The van der Waals surface area contributed by atoms with E-state index in [1.165, 1.54) is 0 Å². The molecule has 1 aliphatic rings. The van der Waals surface area contributed by atoms with Crippen molar-refractivity contribution < 1.29 is 17.8 Å². The molecule has 1 rings (SSSR count). The Morgan fingerprint density at radius 3 is 2.64 bits per heavy atom. The summed E-state index contributed by atoms with van der Waals surface area (Å²) in [6, 6.07) is 0. The maximum atomic E-state index is 11.1. The lowest BCUT2D eigenvalue weighted by molar-refractivity contribution is -0.120. The van der Waals surface area contributed by atoms with Gasteiger partial charge in [-0.15, -0.1) is 8.20 Å². The average Bonchev–Trinajstić information content (AvgIpc) is 2.08. The Hall–Kier alpha value is -0.250. The minimum absolute atomic E-state index is 0.0855. The van der Waals surface area contributed by atoms with Crippen LogP contribution < -0.4 is 0 Å². The van der Waals surface area contributed by atoms with Crippen molar-refractivity contribution in [1.82, 2.24) is 0 Å². The largest absolute Gasteiger partial charge is 0.300 e. The van der Waals surface area contributed by atoms with Crippen LogP contribution in [0.1, 0.15) is 26.2 Å². The molecule has 2 atom stereocenters. The lowest BCUT2D eigenvalue weighted by Crippen LogP contribution is -2.45. The zero-order valence-electron chi connectivity index (χ0n) is 7.93. The number of carbonyl (C=O) groups is 1. The zero-order chi connectivity index (χ0) is 11.0. The van der Waals surface area contributed by atoms with E-state index < -0.39 is 20.5 Å². The first-order valence-electron chi connectivity index (χ1n) is 4.25. The summed E-state index contributed by atoms with van der Waals surface area (Å²) in [6.45, 7) is 1.74. The second-order valence-electron chi connectivity index (χ2n) is 3.76. The van der Waals surface area contributed by atoms with Crippen LogP contribution >= 0.6 is 8.20 Å². The molecular weight excluding hydrogens is 223 g/mol. The molecule has 1 N–H and O–H groups in total. The molecule has 6 heteroatoms. The Labute approximate surface area is 85.3 Å². The van der Waals surface area contributed by atoms with Crippen LogP contribution in [0.25, 0.3) is 0 Å². The van der Waals surface area contributed by atoms with Crippen molar-refractivity contribution in [2.24, 2.45) is 0 Å². The quantitative estimate of drug-likeness (QED) is 0.576. The second-order valence-corrected chi connectivity index (χ2v) is 6.70. The monoisotopic (exact) mass is 236 g/mol. The number of carbonyl (C=O) groups excluding carboxylic acids is 1. The highest BCUT2D eigenvalue weighted by atomic mass is 32.2. The molecule has 0 saturated heterocycles. The van der Waals surface area contributed by atoms with Crippen LogP contribution in [-0.2, 0) is 14.9 Å². The molecule has 0 bridgehead atoms. The minimum atomic E-state index is -4.15. The van der Waals surface area contributed by atoms with Gasteiger partial charge in [-0.05, 0) is 6.42 Å². The summed E-state index contributed by atoms with van der Waals surface area (Å²) in [5, 5.41) is -1.59. The van der Waals surface area contributed by atoms with Gasteiger partial charge in [0.2, 0.25) is 0 Å². The van der Waals surface area contributed by atoms with Crippen molar-refractivity contribution >= 4 is 30.4 Å². The van der Waals surface area contributed by atoms with Gasteiger partial charge in [0.1, 0.15) is 11.0 Å². The Balaban J connectivity index is 3.08. The lowest BCUT2D eigenvalue weighted by Gasteiger charge is -2.35. The maximum Gasteiger partial charge on any atom is 0.269 e. The summed E-state index contributed by atoms with van der Waals surface area (Å²) in [7, 11) is -3.49. The van der Waals surface area contributed by atoms with E-state index in [0.29, 0.717) is 21.0 Å². The fourth-order valence-electron chi connectivity index (χ4n) is 1.69. The van der Waals surface area contributed by atoms with Gasteiger partial charge in [-0.25, -0.2) is 0 Å². The van der Waals surface area contributed by atoms with Crippen LogP contribution in [0.3, 0.4) is 0 Å². The first-order valence-corrected chi connectivity index (χ1v) is 6.84. The van der Waals surface area contributed by atoms with Crippen LogP contribution in [-0.4, -0.2) is 35.5 Å². The van der Waals surface area contributed by atoms with Gasteiger partial charge in [0, 0.05) is 18.0 Å². The third-order valence-corrected chi connectivity index (χ3v) is 5.58. The van der Waals surface area contributed by atoms with Crippen molar-refractivity contribution in [3.63, 3.8) is 0 Å². The number of hydrogen-bond donors (Lipinski definition) is 1. The number of rotatable bonds is 2. The zero-order valence-corrected chi connectivity index (χ0v) is 9.64. The summed E-state index contributed by atoms with van der Waals surface area (Å²) in [5.74, 6) is -0.103. The Morgan fingerprint density at radius 1 is 1.64 bits per heavy atom. The molecule has 1 aliphatic carbocycles. The molecule has 1 fully saturated rings. The van der Waals surface area contributed by atoms with Crippen molar-refractivity contribution in [2.45, 2.75) is 36.6 Å². The number of ketones is 1. The second kappa shape index (κ2) is 3.72. The van der Waals surface area contributed by atoms with Gasteiger partial charge in [0.15, 0.2) is 0 Å². The van der Waals surface area contributed by atoms with Gasteiger partial charge in [0.05, 0.1) is 0 Å². The third kappa shape index (κ3) is 2.22. The molecule has 0 aromatic carbocycles. The first-order chi connectivity index (χ1) is 6.29. The SMILES string of the molecule is C=PC1(C)CCC(=O)CC1S(=O)(=O)O. The van der Waals surface area contributed by atoms with Crippen LogP contribution in [0.5, 0.6) is 0 Å². The molecule has 1 saturated carbocycles. The van der Waals surface area contributed by atoms with Gasteiger partial charge >= 0.3 is 0 Å². The average molecular weight is 236 g/mol. The summed E-state index contributed by atoms with van der Waals surface area (Å²) in [6.07, 6.45) is 4.42. The van der Waals surface area contributed by atoms with Crippen LogP contribution in [0.2, 0.25) is 0 Å². The van der Waals surface area contributed by atoms with Crippen LogP contribution in [0.15, 0.2) is 0 Å². The molecule has 4 nitrogen and oxygen atoms in total. The van der Waals surface area contributed by atoms with E-state index >= 15 is 0 Å². The Bertz CT molecular complexity index is 362. The molecule has 80 valence electrons. The highest BCUT2D eigenvalue weighted by Gasteiger charge is 2.45. The summed E-state index contributed by atoms with van der Waals surface area (Å²) in [5.41, 5.74) is 0. The van der Waals surface area contributed by atoms with E-state index in [4.69, 9.17) is 4.55 Å². The van der Waals surface area contributed by atoms with E-state index in [1.807, 2.05) is 0 Å². The summed E-state index contributed by atoms with van der Waals surface area (Å²) >= 11 is 0. The van der Waals surface area contributed by atoms with Gasteiger partial charge in [-0.3, -0.25) is 9.35 Å². The molecule has 0 spiro atoms. The number of Topliss-reactive ketones (excluding diaryl/α,β-unsaturated/α-hetero) is 1. The number of hydrogen-bond acceptors (Lipinski definition) is 3. The van der Waals surface area contributed by atoms with E-state index in [0.717, 1.165) is 0 Å². The van der Waals surface area contributed by atoms with Crippen molar-refractivity contribution in [1.29, 1.82) is 0 Å². The molecular formula is C8H13O4PS. The fourth-order valence-corrected chi connectivity index (χ4v) is 4.03. The van der Waals surface area contributed by atoms with Crippen LogP contribution in [0.4, 0.5) is 0 Å². The molecule has 0 amide bonds. The fraction of sp³-hybridized carbons (Fsp3) is 0.750. The molecule has 2 unspecified atom stereocenters. The van der Waals surface area contributed by atoms with E-state index in [9.17, 15) is 13.2 Å². The minimum Gasteiger partial charge on any atom is -0.300 e. The van der Waals surface area contributed by atoms with Gasteiger partial charge in [0.25, 0.3) is 10.1 Å². The molecule has 0 aliphatic heterocycles. The normalized spacial score (nSPS) is 34.7. The molecule has 0 aromatic heterocycles. The van der Waals surface area contributed by atoms with Crippen molar-refractivity contribution in [2.75, 3.05) is 0 Å². The first kappa shape index (κ1) is 11.8. The Morgan fingerprint density at radius 2 is 2.21 bits per heavy atom. The smallest absolute Gasteiger partial charge is 0.269 e. The molecule has 0 radical (unpaired) electrons. The third-order valence-electron chi connectivity index (χ3n) is 2.74. The van der Waals surface area contributed by atoms with E-state index in [2.05, 4.69) is 6.30 Å². The van der Waals surface area contributed by atoms with E-state index in [-0.39, 0.29) is 12.2 Å². The van der Waals surface area contributed by atoms with Gasteiger partial charge < -0.3 is 0 Å². The van der Waals surface area contributed by atoms with Gasteiger partial charge in [-0.1, -0.05) is 13.2 Å². The maximum absolute atomic E-state index is 11.1. The summed E-state index contributed by atoms with van der Waals surface area (Å²) < 4.78 is 31.2. The standard InChI is InChI=1S/C8H13O4PS/c1-8(13-2)4-3-6(9)5-7(8)14(10,11)12/h7H,2-5H2,1H3,(H,10,11,12). The predicted octanol–water partition coefficient (Wildman–Crippen LogP) is 1.13. The van der Waals surface area contributed by atoms with Gasteiger partial charge in [-0.2, -0.15) is 8.42 Å². The molecule has 0 heterocycles. The molecule has 0 aromatic rings. The highest BCUT2D eigenvalue weighted by molar-refractivity contribution is 7.86.